The van der Waals surface area contributed by atoms with Crippen LogP contribution >= 0.6 is 0 Å². The Hall–Kier alpha value is -1.16. The summed E-state index contributed by atoms with van der Waals surface area (Å²) in [4.78, 5) is 11.0. The van der Waals surface area contributed by atoms with Crippen LogP contribution in [0, 0.1) is 6.92 Å². The number of aliphatic hydroxyl groups excluding tert-OH is 1. The Bertz CT molecular complexity index is 354. The van der Waals surface area contributed by atoms with Gasteiger partial charge in [-0.2, -0.15) is 0 Å². The van der Waals surface area contributed by atoms with Crippen molar-refractivity contribution < 1.29 is 5.11 Å². The smallest absolute Gasteiger partial charge is 0.225 e. The van der Waals surface area contributed by atoms with E-state index in [1.165, 1.54) is 12.8 Å². The molecule has 0 spiro atoms. The molecule has 1 unspecified atom stereocenters. The lowest BCUT2D eigenvalue weighted by Crippen LogP contribution is -2.28. The van der Waals surface area contributed by atoms with Crippen molar-refractivity contribution in [3.63, 3.8) is 0 Å². The number of nitrogens with zero attached hydrogens (tertiary/aromatic N) is 3. The molecule has 1 fully saturated rings. The van der Waals surface area contributed by atoms with E-state index in [2.05, 4.69) is 21.8 Å². The summed E-state index contributed by atoms with van der Waals surface area (Å²) in [7, 11) is 0. The molecule has 2 rings (SSSR count). The number of hydrogen-bond acceptors (Lipinski definition) is 4. The lowest BCUT2D eigenvalue weighted by molar-refractivity contribution is 0.280. The van der Waals surface area contributed by atoms with E-state index in [1.807, 2.05) is 6.92 Å². The summed E-state index contributed by atoms with van der Waals surface area (Å²) in [6, 6.07) is 0.532. The Kier molecular flexibility index (Phi) is 2.86. The first-order valence-corrected chi connectivity index (χ1v) is 5.42. The molecule has 4 heteroatoms. The molecule has 4 nitrogen and oxygen atoms in total. The molecule has 15 heavy (non-hydrogen) atoms. The highest BCUT2D eigenvalue weighted by Gasteiger charge is 2.22. The van der Waals surface area contributed by atoms with Gasteiger partial charge < -0.3 is 10.0 Å². The minimum Gasteiger partial charge on any atom is -0.392 e. The number of aliphatic hydroxyl groups is 1. The molecule has 1 atom stereocenters. The van der Waals surface area contributed by atoms with Crippen LogP contribution in [0.5, 0.6) is 0 Å². The molecule has 0 aliphatic carbocycles. The molecule has 1 saturated heterocycles. The molecular weight excluding hydrogens is 190 g/mol. The molecule has 1 aliphatic heterocycles. The summed E-state index contributed by atoms with van der Waals surface area (Å²) in [5.74, 6) is 0.801. The van der Waals surface area contributed by atoms with Gasteiger partial charge >= 0.3 is 0 Å². The van der Waals surface area contributed by atoms with Gasteiger partial charge in [0.1, 0.15) is 0 Å². The molecule has 1 aromatic rings. The van der Waals surface area contributed by atoms with Crippen LogP contribution in [0.4, 0.5) is 5.95 Å². The third-order valence-electron chi connectivity index (χ3n) is 3.05. The standard InChI is InChI=1S/C11H17N3O/c1-8-4-3-5-14(8)11-12-6-10(7-15)9(2)13-11/h6,8,15H,3-5,7H2,1-2H3. The SMILES string of the molecule is Cc1nc(N2CCCC2C)ncc1CO. The van der Waals surface area contributed by atoms with Crippen LogP contribution in [0.25, 0.3) is 0 Å². The van der Waals surface area contributed by atoms with Crippen molar-refractivity contribution in [2.45, 2.75) is 39.3 Å². The van der Waals surface area contributed by atoms with Crippen molar-refractivity contribution in [3.05, 3.63) is 17.5 Å². The van der Waals surface area contributed by atoms with Gasteiger partial charge in [-0.1, -0.05) is 0 Å². The summed E-state index contributed by atoms with van der Waals surface area (Å²) < 4.78 is 0. The number of anilines is 1. The fraction of sp³-hybridized carbons (Fsp3) is 0.636. The van der Waals surface area contributed by atoms with Gasteiger partial charge in [-0.25, -0.2) is 9.97 Å². The van der Waals surface area contributed by atoms with E-state index in [-0.39, 0.29) is 6.61 Å². The first-order chi connectivity index (χ1) is 7.22. The van der Waals surface area contributed by atoms with Gasteiger partial charge in [0.25, 0.3) is 0 Å². The van der Waals surface area contributed by atoms with E-state index in [9.17, 15) is 0 Å². The van der Waals surface area contributed by atoms with E-state index in [1.54, 1.807) is 6.20 Å². The average Bonchev–Trinajstić information content (AvgIpc) is 2.64. The Balaban J connectivity index is 2.25. The molecule has 0 saturated carbocycles. The molecule has 1 aliphatic rings. The second kappa shape index (κ2) is 4.14. The van der Waals surface area contributed by atoms with Gasteiger partial charge in [0.2, 0.25) is 5.95 Å². The van der Waals surface area contributed by atoms with Gasteiger partial charge in [-0.3, -0.25) is 0 Å². The molecule has 82 valence electrons. The second-order valence-electron chi connectivity index (χ2n) is 4.12. The number of hydrogen-bond donors (Lipinski definition) is 1. The molecule has 1 aromatic heterocycles. The topological polar surface area (TPSA) is 49.2 Å². The second-order valence-corrected chi connectivity index (χ2v) is 4.12. The van der Waals surface area contributed by atoms with E-state index in [4.69, 9.17) is 5.11 Å². The Labute approximate surface area is 90.0 Å². The normalized spacial score (nSPS) is 21.0. The third-order valence-corrected chi connectivity index (χ3v) is 3.05. The van der Waals surface area contributed by atoms with Gasteiger partial charge in [-0.05, 0) is 26.7 Å². The quantitative estimate of drug-likeness (QED) is 0.793. The van der Waals surface area contributed by atoms with E-state index in [0.717, 1.165) is 23.8 Å². The predicted molar refractivity (Wildman–Crippen MR) is 58.7 cm³/mol. The van der Waals surface area contributed by atoms with Crippen LogP contribution in [-0.2, 0) is 6.61 Å². The zero-order chi connectivity index (χ0) is 10.8. The first kappa shape index (κ1) is 10.4. The molecule has 0 amide bonds. The van der Waals surface area contributed by atoms with Gasteiger partial charge in [-0.15, -0.1) is 0 Å². The van der Waals surface area contributed by atoms with Crippen LogP contribution in [0.3, 0.4) is 0 Å². The first-order valence-electron chi connectivity index (χ1n) is 5.42. The molecule has 0 aromatic carbocycles. The van der Waals surface area contributed by atoms with E-state index in [0.29, 0.717) is 6.04 Å². The Morgan fingerprint density at radius 2 is 2.40 bits per heavy atom. The fourth-order valence-electron chi connectivity index (χ4n) is 2.00. The number of aryl methyl sites for hydroxylation is 1. The van der Waals surface area contributed by atoms with Crippen molar-refractivity contribution >= 4 is 5.95 Å². The monoisotopic (exact) mass is 207 g/mol. The molecule has 0 bridgehead atoms. The van der Waals surface area contributed by atoms with Crippen LogP contribution < -0.4 is 4.90 Å². The Morgan fingerprint density at radius 1 is 1.60 bits per heavy atom. The lowest BCUT2D eigenvalue weighted by atomic mass is 10.2. The molecule has 0 radical (unpaired) electrons. The minimum absolute atomic E-state index is 0.0155. The highest BCUT2D eigenvalue weighted by molar-refractivity contribution is 5.35. The molecule has 1 N–H and O–H groups in total. The van der Waals surface area contributed by atoms with Gasteiger partial charge in [0, 0.05) is 30.0 Å². The van der Waals surface area contributed by atoms with Gasteiger partial charge in [0.15, 0.2) is 0 Å². The molecule has 2 heterocycles. The van der Waals surface area contributed by atoms with Gasteiger partial charge in [0.05, 0.1) is 6.61 Å². The van der Waals surface area contributed by atoms with Crippen molar-refractivity contribution in [2.75, 3.05) is 11.4 Å². The lowest BCUT2D eigenvalue weighted by Gasteiger charge is -2.21. The highest BCUT2D eigenvalue weighted by Crippen LogP contribution is 2.22. The summed E-state index contributed by atoms with van der Waals surface area (Å²) in [5, 5.41) is 9.03. The van der Waals surface area contributed by atoms with Crippen LogP contribution in [0.2, 0.25) is 0 Å². The van der Waals surface area contributed by atoms with Crippen LogP contribution in [-0.4, -0.2) is 27.7 Å². The maximum atomic E-state index is 9.03. The molecular formula is C11H17N3O. The summed E-state index contributed by atoms with van der Waals surface area (Å²) in [6.07, 6.45) is 4.15. The number of rotatable bonds is 2. The average molecular weight is 207 g/mol. The van der Waals surface area contributed by atoms with Crippen molar-refractivity contribution in [1.29, 1.82) is 0 Å². The maximum absolute atomic E-state index is 9.03. The number of aromatic nitrogens is 2. The largest absolute Gasteiger partial charge is 0.392 e. The van der Waals surface area contributed by atoms with E-state index < -0.39 is 0 Å². The highest BCUT2D eigenvalue weighted by atomic mass is 16.3. The van der Waals surface area contributed by atoms with Crippen molar-refractivity contribution in [2.24, 2.45) is 0 Å². The van der Waals surface area contributed by atoms with Crippen molar-refractivity contribution in [1.82, 2.24) is 9.97 Å². The van der Waals surface area contributed by atoms with E-state index >= 15 is 0 Å². The fourth-order valence-corrected chi connectivity index (χ4v) is 2.00. The summed E-state index contributed by atoms with van der Waals surface area (Å²) >= 11 is 0. The zero-order valence-corrected chi connectivity index (χ0v) is 9.27. The zero-order valence-electron chi connectivity index (χ0n) is 9.27. The summed E-state index contributed by atoms with van der Waals surface area (Å²) in [6.45, 7) is 5.17. The third kappa shape index (κ3) is 1.95. The van der Waals surface area contributed by atoms with Crippen molar-refractivity contribution in [3.8, 4) is 0 Å². The summed E-state index contributed by atoms with van der Waals surface area (Å²) in [5.41, 5.74) is 1.69. The minimum atomic E-state index is 0.0155. The Morgan fingerprint density at radius 3 is 2.93 bits per heavy atom. The van der Waals surface area contributed by atoms with Crippen LogP contribution in [0.1, 0.15) is 31.0 Å². The van der Waals surface area contributed by atoms with Crippen LogP contribution in [0.15, 0.2) is 6.20 Å². The predicted octanol–water partition coefficient (Wildman–Crippen LogP) is 1.27. The maximum Gasteiger partial charge on any atom is 0.225 e.